The van der Waals surface area contributed by atoms with Gasteiger partial charge in [-0.25, -0.2) is 14.8 Å². The summed E-state index contributed by atoms with van der Waals surface area (Å²) in [5.41, 5.74) is 0.882. The van der Waals surface area contributed by atoms with E-state index in [4.69, 9.17) is 9.47 Å². The van der Waals surface area contributed by atoms with Crippen LogP contribution in [-0.2, 0) is 14.3 Å². The smallest absolute Gasteiger partial charge is 0.330 e. The van der Waals surface area contributed by atoms with Gasteiger partial charge in [0.15, 0.2) is 6.04 Å². The molecule has 6 heteroatoms. The molecule has 2 rings (SSSR count). The van der Waals surface area contributed by atoms with E-state index >= 15 is 0 Å². The van der Waals surface area contributed by atoms with Crippen molar-refractivity contribution in [3.8, 4) is 0 Å². The van der Waals surface area contributed by atoms with Gasteiger partial charge < -0.3 is 14.4 Å². The molecule has 0 aliphatic carbocycles. The molecule has 0 aromatic carbocycles. The van der Waals surface area contributed by atoms with Crippen molar-refractivity contribution < 1.29 is 14.3 Å². The van der Waals surface area contributed by atoms with Gasteiger partial charge in [0, 0.05) is 18.3 Å². The summed E-state index contributed by atoms with van der Waals surface area (Å²) >= 11 is 0. The third-order valence-corrected chi connectivity index (χ3v) is 2.85. The van der Waals surface area contributed by atoms with Crippen LogP contribution in [0.25, 0.3) is 0 Å². The summed E-state index contributed by atoms with van der Waals surface area (Å²) in [5.74, 6) is 1.14. The standard InChI is InChI=1S/C12H17N3O3/c1-8-6-11(14-9(2)13-8)15-4-5-18-7-10(15)12(16)17-3/h6,10H,4-5,7H2,1-3H3. The van der Waals surface area contributed by atoms with Crippen molar-refractivity contribution >= 4 is 11.8 Å². The van der Waals surface area contributed by atoms with Crippen LogP contribution in [0, 0.1) is 13.8 Å². The molecule has 98 valence electrons. The highest BCUT2D eigenvalue weighted by Gasteiger charge is 2.31. The Morgan fingerprint density at radius 1 is 1.50 bits per heavy atom. The van der Waals surface area contributed by atoms with Crippen LogP contribution >= 0.6 is 0 Å². The lowest BCUT2D eigenvalue weighted by Gasteiger charge is -2.34. The Morgan fingerprint density at radius 2 is 2.28 bits per heavy atom. The summed E-state index contributed by atoms with van der Waals surface area (Å²) in [5, 5.41) is 0. The molecule has 1 atom stereocenters. The topological polar surface area (TPSA) is 64.6 Å². The molecule has 1 aliphatic heterocycles. The fourth-order valence-electron chi connectivity index (χ4n) is 2.05. The molecule has 0 saturated carbocycles. The summed E-state index contributed by atoms with van der Waals surface area (Å²) in [7, 11) is 1.38. The van der Waals surface area contributed by atoms with Crippen molar-refractivity contribution in [3.05, 3.63) is 17.6 Å². The highest BCUT2D eigenvalue weighted by Crippen LogP contribution is 2.19. The van der Waals surface area contributed by atoms with E-state index < -0.39 is 6.04 Å². The van der Waals surface area contributed by atoms with Gasteiger partial charge in [0.25, 0.3) is 0 Å². The molecule has 6 nitrogen and oxygen atoms in total. The molecule has 0 bridgehead atoms. The predicted octanol–water partition coefficient (Wildman–Crippen LogP) is 0.472. The van der Waals surface area contributed by atoms with Crippen molar-refractivity contribution in [1.82, 2.24) is 9.97 Å². The van der Waals surface area contributed by atoms with E-state index in [1.807, 2.05) is 24.8 Å². The molecular formula is C12H17N3O3. The summed E-state index contributed by atoms with van der Waals surface area (Å²) < 4.78 is 10.1. The number of morpholine rings is 1. The Labute approximate surface area is 106 Å². The molecule has 18 heavy (non-hydrogen) atoms. The number of aryl methyl sites for hydroxylation is 2. The number of carbonyl (C=O) groups excluding carboxylic acids is 1. The maximum Gasteiger partial charge on any atom is 0.330 e. The van der Waals surface area contributed by atoms with E-state index in [0.717, 1.165) is 11.5 Å². The Morgan fingerprint density at radius 3 is 2.94 bits per heavy atom. The second kappa shape index (κ2) is 5.30. The second-order valence-corrected chi connectivity index (χ2v) is 4.22. The second-order valence-electron chi connectivity index (χ2n) is 4.22. The zero-order chi connectivity index (χ0) is 13.1. The monoisotopic (exact) mass is 251 g/mol. The number of nitrogens with zero attached hydrogens (tertiary/aromatic N) is 3. The summed E-state index contributed by atoms with van der Waals surface area (Å²) in [6, 6.07) is 1.44. The zero-order valence-electron chi connectivity index (χ0n) is 10.8. The zero-order valence-corrected chi connectivity index (χ0v) is 10.8. The first-order valence-electron chi connectivity index (χ1n) is 5.86. The number of ether oxygens (including phenoxy) is 2. The third kappa shape index (κ3) is 2.59. The van der Waals surface area contributed by atoms with Gasteiger partial charge in [0.05, 0.1) is 20.3 Å². The van der Waals surface area contributed by atoms with Crippen LogP contribution in [0.2, 0.25) is 0 Å². The largest absolute Gasteiger partial charge is 0.467 e. The molecule has 2 heterocycles. The minimum absolute atomic E-state index is 0.302. The van der Waals surface area contributed by atoms with Crippen molar-refractivity contribution in [3.63, 3.8) is 0 Å². The van der Waals surface area contributed by atoms with E-state index in [0.29, 0.717) is 25.6 Å². The van der Waals surface area contributed by atoms with Crippen molar-refractivity contribution in [1.29, 1.82) is 0 Å². The van der Waals surface area contributed by atoms with Crippen molar-refractivity contribution in [2.75, 3.05) is 31.8 Å². The first-order valence-corrected chi connectivity index (χ1v) is 5.86. The molecule has 1 fully saturated rings. The van der Waals surface area contributed by atoms with Gasteiger partial charge in [0.1, 0.15) is 11.6 Å². The lowest BCUT2D eigenvalue weighted by Crippen LogP contribution is -2.51. The Kier molecular flexibility index (Phi) is 3.76. The number of esters is 1. The van der Waals surface area contributed by atoms with Gasteiger partial charge in [-0.3, -0.25) is 0 Å². The molecule has 1 aromatic heterocycles. The average Bonchev–Trinajstić information content (AvgIpc) is 2.36. The molecular weight excluding hydrogens is 234 g/mol. The van der Waals surface area contributed by atoms with Crippen molar-refractivity contribution in [2.45, 2.75) is 19.9 Å². The Bertz CT molecular complexity index is 430. The first kappa shape index (κ1) is 12.8. The summed E-state index contributed by atoms with van der Waals surface area (Å²) in [4.78, 5) is 22.3. The number of rotatable bonds is 2. The number of hydrogen-bond donors (Lipinski definition) is 0. The summed E-state index contributed by atoms with van der Waals surface area (Å²) in [6.45, 7) is 5.27. The summed E-state index contributed by atoms with van der Waals surface area (Å²) in [6.07, 6.45) is 0. The number of anilines is 1. The van der Waals surface area contributed by atoms with Gasteiger partial charge in [-0.1, -0.05) is 0 Å². The van der Waals surface area contributed by atoms with E-state index in [9.17, 15) is 4.79 Å². The van der Waals surface area contributed by atoms with E-state index in [-0.39, 0.29) is 5.97 Å². The Hall–Kier alpha value is -1.69. The highest BCUT2D eigenvalue weighted by atomic mass is 16.5. The molecule has 0 radical (unpaired) electrons. The molecule has 1 aliphatic rings. The maximum atomic E-state index is 11.7. The first-order chi connectivity index (χ1) is 8.61. The molecule has 0 N–H and O–H groups in total. The number of aromatic nitrogens is 2. The van der Waals surface area contributed by atoms with Crippen LogP contribution in [0.15, 0.2) is 6.07 Å². The molecule has 0 amide bonds. The maximum absolute atomic E-state index is 11.7. The molecule has 0 spiro atoms. The minimum atomic E-state index is -0.433. The molecule has 1 saturated heterocycles. The third-order valence-electron chi connectivity index (χ3n) is 2.85. The van der Waals surface area contributed by atoms with Crippen LogP contribution in [-0.4, -0.2) is 48.8 Å². The Balaban J connectivity index is 2.30. The van der Waals surface area contributed by atoms with E-state index in [1.54, 1.807) is 0 Å². The quantitative estimate of drug-likeness (QED) is 0.712. The van der Waals surface area contributed by atoms with Gasteiger partial charge in [-0.05, 0) is 13.8 Å². The SMILES string of the molecule is COC(=O)C1COCCN1c1cc(C)nc(C)n1. The van der Waals surface area contributed by atoms with E-state index in [1.165, 1.54) is 7.11 Å². The van der Waals surface area contributed by atoms with Crippen LogP contribution in [0.5, 0.6) is 0 Å². The van der Waals surface area contributed by atoms with Crippen LogP contribution in [0.3, 0.4) is 0 Å². The van der Waals surface area contributed by atoms with Crippen LogP contribution in [0.4, 0.5) is 5.82 Å². The average molecular weight is 251 g/mol. The molecule has 1 unspecified atom stereocenters. The van der Waals surface area contributed by atoms with Gasteiger partial charge >= 0.3 is 5.97 Å². The fraction of sp³-hybridized carbons (Fsp3) is 0.583. The lowest BCUT2D eigenvalue weighted by atomic mass is 10.2. The fourth-order valence-corrected chi connectivity index (χ4v) is 2.05. The van der Waals surface area contributed by atoms with Crippen LogP contribution in [0.1, 0.15) is 11.5 Å². The molecule has 1 aromatic rings. The lowest BCUT2D eigenvalue weighted by molar-refractivity contribution is -0.144. The van der Waals surface area contributed by atoms with Gasteiger partial charge in [-0.15, -0.1) is 0 Å². The number of hydrogen-bond acceptors (Lipinski definition) is 6. The van der Waals surface area contributed by atoms with Crippen molar-refractivity contribution in [2.24, 2.45) is 0 Å². The predicted molar refractivity (Wildman–Crippen MR) is 65.5 cm³/mol. The highest BCUT2D eigenvalue weighted by molar-refractivity contribution is 5.80. The van der Waals surface area contributed by atoms with Gasteiger partial charge in [-0.2, -0.15) is 0 Å². The normalized spacial score (nSPS) is 19.7. The van der Waals surface area contributed by atoms with Crippen LogP contribution < -0.4 is 4.90 Å². The minimum Gasteiger partial charge on any atom is -0.467 e. The van der Waals surface area contributed by atoms with Gasteiger partial charge in [0.2, 0.25) is 0 Å². The number of methoxy groups -OCH3 is 1. The van der Waals surface area contributed by atoms with E-state index in [2.05, 4.69) is 9.97 Å². The number of carbonyl (C=O) groups is 1.